The van der Waals surface area contributed by atoms with Gasteiger partial charge in [-0.3, -0.25) is 0 Å². The average Bonchev–Trinajstić information content (AvgIpc) is 2.25. The van der Waals surface area contributed by atoms with E-state index in [9.17, 15) is 0 Å². The van der Waals surface area contributed by atoms with E-state index in [4.69, 9.17) is 0 Å². The van der Waals surface area contributed by atoms with Crippen LogP contribution in [0.3, 0.4) is 0 Å². The van der Waals surface area contributed by atoms with Crippen LogP contribution in [0.1, 0.15) is 52.4 Å². The number of likely N-dealkylation sites (N-methyl/N-ethyl adjacent to an activating group) is 2. The van der Waals surface area contributed by atoms with Gasteiger partial charge >= 0.3 is 0 Å². The second-order valence-electron chi connectivity index (χ2n) is 5.83. The van der Waals surface area contributed by atoms with Crippen LogP contribution in [0.4, 0.5) is 0 Å². The van der Waals surface area contributed by atoms with E-state index in [1.54, 1.807) is 0 Å². The Balaban J connectivity index is 2.84. The Bertz CT molecular complexity index is 203. The zero-order valence-electron chi connectivity index (χ0n) is 11.8. The number of nitrogens with one attached hydrogen (secondary N) is 1. The predicted molar refractivity (Wildman–Crippen MR) is 71.8 cm³/mol. The highest BCUT2D eigenvalue weighted by molar-refractivity contribution is 5.01. The van der Waals surface area contributed by atoms with E-state index in [2.05, 4.69) is 45.2 Å². The molecule has 0 aromatic heterocycles. The van der Waals surface area contributed by atoms with E-state index in [1.165, 1.54) is 38.5 Å². The van der Waals surface area contributed by atoms with Crippen LogP contribution < -0.4 is 5.32 Å². The maximum absolute atomic E-state index is 3.57. The summed E-state index contributed by atoms with van der Waals surface area (Å²) in [5.41, 5.74) is 0.391. The molecule has 2 heteroatoms. The second kappa shape index (κ2) is 6.02. The van der Waals surface area contributed by atoms with Crippen molar-refractivity contribution >= 4 is 0 Å². The summed E-state index contributed by atoms with van der Waals surface area (Å²) < 4.78 is 0. The van der Waals surface area contributed by atoms with Gasteiger partial charge in [0, 0.05) is 11.6 Å². The van der Waals surface area contributed by atoms with E-state index in [0.29, 0.717) is 11.6 Å². The van der Waals surface area contributed by atoms with Gasteiger partial charge in [0.1, 0.15) is 0 Å². The summed E-state index contributed by atoms with van der Waals surface area (Å²) in [6, 6.07) is 0.648. The molecular formula is C14H30N2. The highest BCUT2D eigenvalue weighted by atomic mass is 15.2. The molecule has 1 saturated carbocycles. The molecule has 0 spiro atoms. The van der Waals surface area contributed by atoms with E-state index in [1.807, 2.05) is 0 Å². The van der Waals surface area contributed by atoms with Crippen molar-refractivity contribution in [3.8, 4) is 0 Å². The second-order valence-corrected chi connectivity index (χ2v) is 5.83. The van der Waals surface area contributed by atoms with Crippen LogP contribution in [0.5, 0.6) is 0 Å². The fourth-order valence-corrected chi connectivity index (χ4v) is 3.57. The minimum absolute atomic E-state index is 0.391. The lowest BCUT2D eigenvalue weighted by Gasteiger charge is -2.50. The number of hydrogen-bond donors (Lipinski definition) is 1. The lowest BCUT2D eigenvalue weighted by atomic mass is 9.70. The first kappa shape index (κ1) is 14.0. The molecule has 1 aliphatic rings. The first-order valence-corrected chi connectivity index (χ1v) is 6.91. The molecule has 1 aliphatic carbocycles. The maximum atomic E-state index is 3.57. The molecule has 0 aromatic carbocycles. The molecule has 16 heavy (non-hydrogen) atoms. The first-order valence-electron chi connectivity index (χ1n) is 6.91. The van der Waals surface area contributed by atoms with Crippen LogP contribution in [0.25, 0.3) is 0 Å². The molecule has 0 aliphatic heterocycles. The Morgan fingerprint density at radius 1 is 1.44 bits per heavy atom. The van der Waals surface area contributed by atoms with Crippen molar-refractivity contribution in [3.63, 3.8) is 0 Å². The van der Waals surface area contributed by atoms with Crippen LogP contribution in [-0.4, -0.2) is 37.6 Å². The third-order valence-corrected chi connectivity index (χ3v) is 4.47. The van der Waals surface area contributed by atoms with Gasteiger partial charge in [-0.15, -0.1) is 0 Å². The molecule has 1 fully saturated rings. The topological polar surface area (TPSA) is 15.3 Å². The SMILES string of the molecule is CCCC(NC)C1(N(C)C)CCCC(C)C1. The summed E-state index contributed by atoms with van der Waals surface area (Å²) in [5, 5.41) is 3.57. The van der Waals surface area contributed by atoms with Crippen LogP contribution in [0.2, 0.25) is 0 Å². The van der Waals surface area contributed by atoms with Gasteiger partial charge in [0.15, 0.2) is 0 Å². The molecule has 1 N–H and O–H groups in total. The average molecular weight is 226 g/mol. The molecule has 0 amide bonds. The normalized spacial score (nSPS) is 33.0. The molecule has 2 nitrogen and oxygen atoms in total. The fraction of sp³-hybridized carbons (Fsp3) is 1.00. The van der Waals surface area contributed by atoms with E-state index in [-0.39, 0.29) is 0 Å². The van der Waals surface area contributed by atoms with Crippen molar-refractivity contribution in [1.82, 2.24) is 10.2 Å². The molecule has 0 saturated heterocycles. The summed E-state index contributed by atoms with van der Waals surface area (Å²) in [5.74, 6) is 0.879. The van der Waals surface area contributed by atoms with Crippen molar-refractivity contribution < 1.29 is 0 Å². The Morgan fingerprint density at radius 2 is 2.12 bits per heavy atom. The predicted octanol–water partition coefficient (Wildman–Crippen LogP) is 2.89. The van der Waals surface area contributed by atoms with Crippen LogP contribution in [0.15, 0.2) is 0 Å². The molecule has 0 aromatic rings. The third kappa shape index (κ3) is 2.78. The number of hydrogen-bond acceptors (Lipinski definition) is 2. The van der Waals surface area contributed by atoms with Crippen molar-refractivity contribution in [3.05, 3.63) is 0 Å². The summed E-state index contributed by atoms with van der Waals surface area (Å²) in [7, 11) is 6.65. The molecular weight excluding hydrogens is 196 g/mol. The molecule has 96 valence electrons. The van der Waals surface area contributed by atoms with Gasteiger partial charge in [0.05, 0.1) is 0 Å². The van der Waals surface area contributed by atoms with Crippen LogP contribution in [0, 0.1) is 5.92 Å². The lowest BCUT2D eigenvalue weighted by Crippen LogP contribution is -2.60. The molecule has 0 radical (unpaired) electrons. The van der Waals surface area contributed by atoms with Crippen molar-refractivity contribution in [2.45, 2.75) is 64.0 Å². The van der Waals surface area contributed by atoms with Crippen molar-refractivity contribution in [1.29, 1.82) is 0 Å². The van der Waals surface area contributed by atoms with E-state index in [0.717, 1.165) is 5.92 Å². The smallest absolute Gasteiger partial charge is 0.0358 e. The molecule has 0 bridgehead atoms. The van der Waals surface area contributed by atoms with Crippen molar-refractivity contribution in [2.75, 3.05) is 21.1 Å². The molecule has 3 atom stereocenters. The number of rotatable bonds is 5. The summed E-state index contributed by atoms with van der Waals surface area (Å²) in [6.45, 7) is 4.70. The fourth-order valence-electron chi connectivity index (χ4n) is 3.57. The third-order valence-electron chi connectivity index (χ3n) is 4.47. The highest BCUT2D eigenvalue weighted by Crippen LogP contribution is 2.39. The van der Waals surface area contributed by atoms with Gasteiger partial charge < -0.3 is 10.2 Å². The first-order chi connectivity index (χ1) is 7.56. The minimum atomic E-state index is 0.391. The van der Waals surface area contributed by atoms with Gasteiger partial charge in [-0.05, 0) is 46.3 Å². The molecule has 0 heterocycles. The Morgan fingerprint density at radius 3 is 2.56 bits per heavy atom. The lowest BCUT2D eigenvalue weighted by molar-refractivity contribution is 0.0367. The number of nitrogens with zero attached hydrogens (tertiary/aromatic N) is 1. The van der Waals surface area contributed by atoms with Gasteiger partial charge in [-0.25, -0.2) is 0 Å². The van der Waals surface area contributed by atoms with Crippen molar-refractivity contribution in [2.24, 2.45) is 5.92 Å². The zero-order valence-corrected chi connectivity index (χ0v) is 11.8. The monoisotopic (exact) mass is 226 g/mol. The Labute approximate surface area is 102 Å². The summed E-state index contributed by atoms with van der Waals surface area (Å²) in [4.78, 5) is 2.49. The Hall–Kier alpha value is -0.0800. The molecule has 3 unspecified atom stereocenters. The maximum Gasteiger partial charge on any atom is 0.0358 e. The summed E-state index contributed by atoms with van der Waals surface area (Å²) >= 11 is 0. The van der Waals surface area contributed by atoms with Gasteiger partial charge in [-0.2, -0.15) is 0 Å². The summed E-state index contributed by atoms with van der Waals surface area (Å²) in [6.07, 6.45) is 8.08. The van der Waals surface area contributed by atoms with Gasteiger partial charge in [-0.1, -0.05) is 33.1 Å². The van der Waals surface area contributed by atoms with Crippen LogP contribution in [-0.2, 0) is 0 Å². The Kier molecular flexibility index (Phi) is 5.26. The highest BCUT2D eigenvalue weighted by Gasteiger charge is 2.42. The zero-order chi connectivity index (χ0) is 12.2. The quantitative estimate of drug-likeness (QED) is 0.775. The standard InChI is InChI=1S/C14H30N2/c1-6-8-13(15-3)14(16(4)5)10-7-9-12(2)11-14/h12-13,15H,6-11H2,1-5H3. The molecule has 1 rings (SSSR count). The van der Waals surface area contributed by atoms with Gasteiger partial charge in [0.25, 0.3) is 0 Å². The minimum Gasteiger partial charge on any atom is -0.315 e. The van der Waals surface area contributed by atoms with E-state index < -0.39 is 0 Å². The van der Waals surface area contributed by atoms with Crippen LogP contribution >= 0.6 is 0 Å². The largest absolute Gasteiger partial charge is 0.315 e. The van der Waals surface area contributed by atoms with Gasteiger partial charge in [0.2, 0.25) is 0 Å². The van der Waals surface area contributed by atoms with E-state index >= 15 is 0 Å².